The minimum Gasteiger partial charge on any atom is -0.346 e. The van der Waals surface area contributed by atoms with Gasteiger partial charge in [0.05, 0.1) is 29.4 Å². The molecule has 5 heterocycles. The molecule has 5 rings (SSSR count). The van der Waals surface area contributed by atoms with E-state index < -0.39 is 5.92 Å². The molecule has 2 N–H and O–H groups in total. The third kappa shape index (κ3) is 2.92. The van der Waals surface area contributed by atoms with Gasteiger partial charge in [0.1, 0.15) is 5.65 Å². The van der Waals surface area contributed by atoms with Crippen LogP contribution in [0.3, 0.4) is 0 Å². The van der Waals surface area contributed by atoms with Gasteiger partial charge in [-0.05, 0) is 13.0 Å². The monoisotopic (exact) mass is 403 g/mol. The molecule has 0 aromatic carbocycles. The Hall–Kier alpha value is -3.08. The summed E-state index contributed by atoms with van der Waals surface area (Å²) in [5.41, 5.74) is 1.06. The summed E-state index contributed by atoms with van der Waals surface area (Å²) in [5.74, 6) is -2.63. The zero-order valence-corrected chi connectivity index (χ0v) is 15.7. The molecule has 0 bridgehead atoms. The molecule has 0 atom stereocenters. The van der Waals surface area contributed by atoms with Crippen LogP contribution in [-0.2, 0) is 0 Å². The Morgan fingerprint density at radius 2 is 2.14 bits per heavy atom. The number of fused-ring (bicyclic) bond motifs is 1. The van der Waals surface area contributed by atoms with E-state index in [1.165, 1.54) is 10.9 Å². The van der Waals surface area contributed by atoms with E-state index in [4.69, 9.17) is 0 Å². The average molecular weight is 403 g/mol. The fourth-order valence-electron chi connectivity index (χ4n) is 3.97. The molecule has 3 aromatic heterocycles. The second kappa shape index (κ2) is 6.21. The summed E-state index contributed by atoms with van der Waals surface area (Å²) < 4.78 is 28.2. The number of nitrogens with zero attached hydrogens (tertiary/aromatic N) is 5. The topological polar surface area (TPSA) is 103 Å². The van der Waals surface area contributed by atoms with Crippen LogP contribution in [0.15, 0.2) is 23.3 Å². The third-order valence-electron chi connectivity index (χ3n) is 5.72. The smallest absolute Gasteiger partial charge is 0.261 e. The number of H-pyrrole nitrogens is 2. The maximum Gasteiger partial charge on any atom is 0.261 e. The van der Waals surface area contributed by atoms with E-state index in [0.29, 0.717) is 41.9 Å². The van der Waals surface area contributed by atoms with Crippen LogP contribution in [0, 0.1) is 6.92 Å². The molecule has 0 spiro atoms. The number of amides is 1. The molecule has 3 aromatic rings. The second-order valence-electron chi connectivity index (χ2n) is 7.63. The van der Waals surface area contributed by atoms with Crippen molar-refractivity contribution in [3.63, 3.8) is 0 Å². The van der Waals surface area contributed by atoms with Gasteiger partial charge in [-0.2, -0.15) is 10.1 Å². The Morgan fingerprint density at radius 3 is 2.86 bits per heavy atom. The summed E-state index contributed by atoms with van der Waals surface area (Å²) in [4.78, 5) is 38.3. The first-order chi connectivity index (χ1) is 13.8. The number of hydrogen-bond donors (Lipinski definition) is 2. The number of carbonyl (C=O) groups is 1. The summed E-state index contributed by atoms with van der Waals surface area (Å²) >= 11 is 0. The molecule has 2 fully saturated rings. The van der Waals surface area contributed by atoms with Crippen molar-refractivity contribution in [2.45, 2.75) is 25.3 Å². The van der Waals surface area contributed by atoms with Crippen molar-refractivity contribution in [2.75, 3.05) is 26.2 Å². The van der Waals surface area contributed by atoms with Crippen molar-refractivity contribution < 1.29 is 13.6 Å². The first kappa shape index (κ1) is 18.0. The van der Waals surface area contributed by atoms with Gasteiger partial charge < -0.3 is 9.88 Å². The molecule has 0 radical (unpaired) electrons. The predicted molar refractivity (Wildman–Crippen MR) is 99.4 cm³/mol. The highest BCUT2D eigenvalue weighted by molar-refractivity contribution is 5.95. The van der Waals surface area contributed by atoms with Gasteiger partial charge in [0.2, 0.25) is 5.95 Å². The van der Waals surface area contributed by atoms with E-state index in [2.05, 4.69) is 20.1 Å². The molecular formula is C18H19F2N7O2. The molecule has 0 saturated carbocycles. The summed E-state index contributed by atoms with van der Waals surface area (Å²) in [6, 6.07) is 1.60. The molecule has 11 heteroatoms. The van der Waals surface area contributed by atoms with Crippen LogP contribution >= 0.6 is 0 Å². The fourth-order valence-corrected chi connectivity index (χ4v) is 3.97. The lowest BCUT2D eigenvalue weighted by molar-refractivity contribution is -0.00874. The molecule has 2 aliphatic rings. The van der Waals surface area contributed by atoms with E-state index >= 15 is 0 Å². The standard InChI is InChI=1S/C18H19F2N7O2/c1-10-13(16(29)26-7-11(8-26)25-5-3-18(19,20)9-25)6-22-27(10)17-23-14-12(2-4-21-14)15(28)24-17/h2,4,6,11H,3,5,7-9H2,1H3,(H2,21,23,24,28). The van der Waals surface area contributed by atoms with Crippen molar-refractivity contribution in [2.24, 2.45) is 0 Å². The highest BCUT2D eigenvalue weighted by atomic mass is 19.3. The van der Waals surface area contributed by atoms with Gasteiger partial charge in [0.25, 0.3) is 17.4 Å². The predicted octanol–water partition coefficient (Wildman–Crippen LogP) is 0.911. The minimum atomic E-state index is -2.63. The minimum absolute atomic E-state index is 0.0315. The third-order valence-corrected chi connectivity index (χ3v) is 5.72. The molecule has 2 aliphatic heterocycles. The summed E-state index contributed by atoms with van der Waals surface area (Å²) in [7, 11) is 0. The van der Waals surface area contributed by atoms with E-state index in [1.807, 2.05) is 0 Å². The number of aromatic amines is 2. The zero-order chi connectivity index (χ0) is 20.3. The van der Waals surface area contributed by atoms with Crippen molar-refractivity contribution in [1.29, 1.82) is 0 Å². The number of carbonyl (C=O) groups excluding carboxylic acids is 1. The van der Waals surface area contributed by atoms with E-state index in [0.717, 1.165) is 0 Å². The van der Waals surface area contributed by atoms with Crippen molar-refractivity contribution >= 4 is 16.9 Å². The fraction of sp³-hybridized carbons (Fsp3) is 0.444. The second-order valence-corrected chi connectivity index (χ2v) is 7.63. The van der Waals surface area contributed by atoms with Crippen LogP contribution in [0.25, 0.3) is 17.0 Å². The lowest BCUT2D eigenvalue weighted by atomic mass is 10.1. The SMILES string of the molecule is Cc1c(C(=O)N2CC(N3CCC(F)(F)C3)C2)cnn1-c1nc2[nH]ccc2c(=O)[nH]1. The molecule has 2 saturated heterocycles. The van der Waals surface area contributed by atoms with Gasteiger partial charge in [-0.25, -0.2) is 13.5 Å². The quantitative estimate of drug-likeness (QED) is 0.677. The van der Waals surface area contributed by atoms with E-state index in [9.17, 15) is 18.4 Å². The van der Waals surface area contributed by atoms with Crippen LogP contribution in [0.1, 0.15) is 22.5 Å². The largest absolute Gasteiger partial charge is 0.346 e. The van der Waals surface area contributed by atoms with Crippen LogP contribution in [0.5, 0.6) is 0 Å². The summed E-state index contributed by atoms with van der Waals surface area (Å²) in [6.45, 7) is 2.68. The number of halogens is 2. The Balaban J connectivity index is 1.33. The zero-order valence-electron chi connectivity index (χ0n) is 15.7. The number of alkyl halides is 2. The van der Waals surface area contributed by atoms with Crippen molar-refractivity contribution in [1.82, 2.24) is 34.5 Å². The van der Waals surface area contributed by atoms with Crippen LogP contribution < -0.4 is 5.56 Å². The summed E-state index contributed by atoms with van der Waals surface area (Å²) in [6.07, 6.45) is 2.94. The number of rotatable bonds is 3. The highest BCUT2D eigenvalue weighted by Crippen LogP contribution is 2.31. The Bertz CT molecular complexity index is 1160. The van der Waals surface area contributed by atoms with Crippen LogP contribution in [0.4, 0.5) is 8.78 Å². The van der Waals surface area contributed by atoms with E-state index in [-0.39, 0.29) is 36.4 Å². The number of hydrogen-bond acceptors (Lipinski definition) is 5. The molecule has 152 valence electrons. The molecule has 1 amide bonds. The maximum absolute atomic E-state index is 13.4. The first-order valence-electron chi connectivity index (χ1n) is 9.36. The Labute approximate surface area is 163 Å². The Kier molecular flexibility index (Phi) is 3.85. The van der Waals surface area contributed by atoms with Crippen molar-refractivity contribution in [3.8, 4) is 5.95 Å². The molecule has 0 aliphatic carbocycles. The van der Waals surface area contributed by atoms with Crippen LogP contribution in [0.2, 0.25) is 0 Å². The van der Waals surface area contributed by atoms with Crippen molar-refractivity contribution in [3.05, 3.63) is 40.1 Å². The van der Waals surface area contributed by atoms with Gasteiger partial charge in [-0.1, -0.05) is 0 Å². The molecule has 0 unspecified atom stereocenters. The van der Waals surface area contributed by atoms with Gasteiger partial charge in [0, 0.05) is 38.3 Å². The molecule has 29 heavy (non-hydrogen) atoms. The number of nitrogens with one attached hydrogen (secondary N) is 2. The highest BCUT2D eigenvalue weighted by Gasteiger charge is 2.45. The van der Waals surface area contributed by atoms with E-state index in [1.54, 1.807) is 29.0 Å². The lowest BCUT2D eigenvalue weighted by Gasteiger charge is -2.43. The van der Waals surface area contributed by atoms with Crippen LogP contribution in [-0.4, -0.2) is 78.6 Å². The Morgan fingerprint density at radius 1 is 1.34 bits per heavy atom. The normalized spacial score (nSPS) is 19.8. The van der Waals surface area contributed by atoms with Gasteiger partial charge in [-0.3, -0.25) is 19.5 Å². The number of likely N-dealkylation sites (tertiary alicyclic amines) is 2. The van der Waals surface area contributed by atoms with Gasteiger partial charge >= 0.3 is 0 Å². The van der Waals surface area contributed by atoms with Gasteiger partial charge in [-0.15, -0.1) is 0 Å². The first-order valence-corrected chi connectivity index (χ1v) is 9.36. The lowest BCUT2D eigenvalue weighted by Crippen LogP contribution is -2.60. The molecular weight excluding hydrogens is 384 g/mol. The summed E-state index contributed by atoms with van der Waals surface area (Å²) in [5, 5.41) is 4.65. The average Bonchev–Trinajstić information content (AvgIpc) is 3.32. The van der Waals surface area contributed by atoms with Gasteiger partial charge in [0.15, 0.2) is 0 Å². The molecule has 9 nitrogen and oxygen atoms in total. The maximum atomic E-state index is 13.4. The number of aromatic nitrogens is 5.